The van der Waals surface area contributed by atoms with Crippen LogP contribution in [0.25, 0.3) is 0 Å². The van der Waals surface area contributed by atoms with E-state index in [0.29, 0.717) is 0 Å². The van der Waals surface area contributed by atoms with Crippen LogP contribution in [0.5, 0.6) is 0 Å². The molecule has 1 heteroatoms. The first kappa shape index (κ1) is 10.1. The lowest BCUT2D eigenvalue weighted by molar-refractivity contribution is 0.572. The van der Waals surface area contributed by atoms with E-state index in [1.165, 1.54) is 0 Å². The highest BCUT2D eigenvalue weighted by Gasteiger charge is 2.16. The molecular formula is C12H19N. The average molecular weight is 177 g/mol. The zero-order chi connectivity index (χ0) is 10.1. The van der Waals surface area contributed by atoms with Crippen LogP contribution in [-0.4, -0.2) is 0 Å². The van der Waals surface area contributed by atoms with Crippen LogP contribution in [-0.2, 0) is 0 Å². The van der Waals surface area contributed by atoms with E-state index < -0.39 is 0 Å². The van der Waals surface area contributed by atoms with E-state index in [9.17, 15) is 0 Å². The van der Waals surface area contributed by atoms with Gasteiger partial charge in [-0.2, -0.15) is 0 Å². The van der Waals surface area contributed by atoms with Crippen molar-refractivity contribution in [2.24, 2.45) is 16.6 Å². The molecule has 0 saturated heterocycles. The topological polar surface area (TPSA) is 26.0 Å². The van der Waals surface area contributed by atoms with Crippen molar-refractivity contribution in [3.05, 3.63) is 36.1 Å². The molecule has 0 unspecified atom stereocenters. The minimum atomic E-state index is 0.0616. The summed E-state index contributed by atoms with van der Waals surface area (Å²) in [4.78, 5) is 0. The zero-order valence-electron chi connectivity index (χ0n) is 8.96. The predicted octanol–water partition coefficient (Wildman–Crippen LogP) is 3.01. The highest BCUT2D eigenvalue weighted by atomic mass is 14.6. The van der Waals surface area contributed by atoms with Crippen molar-refractivity contribution in [2.45, 2.75) is 27.7 Å². The largest absolute Gasteiger partial charge is 0.399 e. The van der Waals surface area contributed by atoms with Crippen molar-refractivity contribution in [3.63, 3.8) is 0 Å². The second-order valence-corrected chi connectivity index (χ2v) is 4.95. The van der Waals surface area contributed by atoms with Gasteiger partial charge in [0.05, 0.1) is 0 Å². The number of hydrogen-bond acceptors (Lipinski definition) is 1. The fraction of sp³-hybridized carbons (Fsp3) is 0.500. The minimum absolute atomic E-state index is 0.0616. The van der Waals surface area contributed by atoms with Gasteiger partial charge < -0.3 is 5.73 Å². The van der Waals surface area contributed by atoms with Gasteiger partial charge in [0.2, 0.25) is 0 Å². The quantitative estimate of drug-likeness (QED) is 0.565. The third kappa shape index (κ3) is 3.10. The lowest BCUT2D eigenvalue weighted by Gasteiger charge is -2.23. The summed E-state index contributed by atoms with van der Waals surface area (Å²) in [6.07, 6.45) is 10.6. The molecular weight excluding hydrogens is 158 g/mol. The second kappa shape index (κ2) is 3.06. The van der Waals surface area contributed by atoms with E-state index in [1.54, 1.807) is 0 Å². The van der Waals surface area contributed by atoms with E-state index in [1.807, 2.05) is 6.08 Å². The van der Waals surface area contributed by atoms with E-state index >= 15 is 0 Å². The van der Waals surface area contributed by atoms with Crippen LogP contribution in [0, 0.1) is 10.8 Å². The van der Waals surface area contributed by atoms with E-state index in [4.69, 9.17) is 5.73 Å². The maximum Gasteiger partial charge on any atom is 0.0279 e. The summed E-state index contributed by atoms with van der Waals surface area (Å²) in [7, 11) is 0. The Morgan fingerprint density at radius 2 is 1.46 bits per heavy atom. The van der Waals surface area contributed by atoms with E-state index in [2.05, 4.69) is 52.0 Å². The maximum atomic E-state index is 5.84. The molecule has 0 heterocycles. The van der Waals surface area contributed by atoms with Crippen molar-refractivity contribution >= 4 is 0 Å². The SMILES string of the molecule is CC1(C)/C=C\C(N)=C/C(C)(C)/C=C\1. The summed E-state index contributed by atoms with van der Waals surface area (Å²) in [5.41, 5.74) is 6.86. The molecule has 72 valence electrons. The predicted molar refractivity (Wildman–Crippen MR) is 58.1 cm³/mol. The molecule has 13 heavy (non-hydrogen) atoms. The Hall–Kier alpha value is -0.980. The van der Waals surface area contributed by atoms with Gasteiger partial charge in [-0.3, -0.25) is 0 Å². The van der Waals surface area contributed by atoms with Gasteiger partial charge in [0.25, 0.3) is 0 Å². The Kier molecular flexibility index (Phi) is 2.38. The molecule has 1 nitrogen and oxygen atoms in total. The number of rotatable bonds is 0. The first-order valence-electron chi connectivity index (χ1n) is 4.69. The molecule has 1 rings (SSSR count). The van der Waals surface area contributed by atoms with Gasteiger partial charge >= 0.3 is 0 Å². The number of allylic oxidation sites excluding steroid dienone is 5. The highest BCUT2D eigenvalue weighted by Crippen LogP contribution is 2.28. The Labute approximate surface area is 81.0 Å². The monoisotopic (exact) mass is 177 g/mol. The molecule has 1 aliphatic carbocycles. The van der Waals surface area contributed by atoms with Gasteiger partial charge in [0, 0.05) is 16.5 Å². The van der Waals surface area contributed by atoms with Crippen molar-refractivity contribution in [1.29, 1.82) is 0 Å². The van der Waals surface area contributed by atoms with Crippen LogP contribution in [0.1, 0.15) is 27.7 Å². The van der Waals surface area contributed by atoms with Gasteiger partial charge in [-0.15, -0.1) is 0 Å². The van der Waals surface area contributed by atoms with Crippen LogP contribution in [0.3, 0.4) is 0 Å². The van der Waals surface area contributed by atoms with Crippen LogP contribution in [0.4, 0.5) is 0 Å². The third-order valence-electron chi connectivity index (χ3n) is 2.19. The van der Waals surface area contributed by atoms with Crippen LogP contribution < -0.4 is 5.73 Å². The van der Waals surface area contributed by atoms with Crippen molar-refractivity contribution in [2.75, 3.05) is 0 Å². The number of nitrogens with two attached hydrogens (primary N) is 1. The minimum Gasteiger partial charge on any atom is -0.399 e. The smallest absolute Gasteiger partial charge is 0.0279 e. The normalized spacial score (nSPS) is 33.7. The Balaban J connectivity index is 3.10. The Morgan fingerprint density at radius 3 is 2.08 bits per heavy atom. The summed E-state index contributed by atoms with van der Waals surface area (Å²) < 4.78 is 0. The van der Waals surface area contributed by atoms with E-state index in [0.717, 1.165) is 5.70 Å². The van der Waals surface area contributed by atoms with Gasteiger partial charge in [-0.1, -0.05) is 52.0 Å². The fourth-order valence-corrected chi connectivity index (χ4v) is 1.32. The van der Waals surface area contributed by atoms with Gasteiger partial charge in [0.15, 0.2) is 0 Å². The molecule has 0 aromatic rings. The molecule has 0 aliphatic heterocycles. The summed E-state index contributed by atoms with van der Waals surface area (Å²) in [5.74, 6) is 0. The zero-order valence-corrected chi connectivity index (χ0v) is 8.96. The second-order valence-electron chi connectivity index (χ2n) is 4.95. The van der Waals surface area contributed by atoms with Crippen LogP contribution in [0.15, 0.2) is 36.1 Å². The third-order valence-corrected chi connectivity index (χ3v) is 2.19. The highest BCUT2D eigenvalue weighted by molar-refractivity contribution is 5.27. The molecule has 0 aromatic carbocycles. The van der Waals surface area contributed by atoms with Crippen molar-refractivity contribution in [1.82, 2.24) is 0 Å². The molecule has 0 aromatic heterocycles. The molecule has 0 fully saturated rings. The molecule has 0 spiro atoms. The standard InChI is InChI=1S/C12H19N/c1-11(2)6-5-10(13)9-12(3,4)8-7-11/h5-9H,13H2,1-4H3/b6-5-,8-7-,10-9+. The summed E-state index contributed by atoms with van der Waals surface area (Å²) in [5, 5.41) is 0. The molecule has 0 bridgehead atoms. The van der Waals surface area contributed by atoms with Crippen LogP contribution in [0.2, 0.25) is 0 Å². The molecule has 1 aliphatic rings. The van der Waals surface area contributed by atoms with Gasteiger partial charge in [0.1, 0.15) is 0 Å². The molecule has 0 radical (unpaired) electrons. The van der Waals surface area contributed by atoms with E-state index in [-0.39, 0.29) is 10.8 Å². The van der Waals surface area contributed by atoms with Crippen molar-refractivity contribution < 1.29 is 0 Å². The van der Waals surface area contributed by atoms with Gasteiger partial charge in [-0.05, 0) is 6.08 Å². The Bertz CT molecular complexity index is 277. The fourth-order valence-electron chi connectivity index (χ4n) is 1.32. The van der Waals surface area contributed by atoms with Crippen LogP contribution >= 0.6 is 0 Å². The average Bonchev–Trinajstić information content (AvgIpc) is 1.96. The lowest BCUT2D eigenvalue weighted by Crippen LogP contribution is -2.13. The number of hydrogen-bond donors (Lipinski definition) is 1. The summed E-state index contributed by atoms with van der Waals surface area (Å²) in [6, 6.07) is 0. The first-order valence-corrected chi connectivity index (χ1v) is 4.69. The molecule has 0 saturated carbocycles. The maximum absolute atomic E-state index is 5.84. The van der Waals surface area contributed by atoms with Crippen molar-refractivity contribution in [3.8, 4) is 0 Å². The first-order chi connectivity index (χ1) is 5.81. The molecule has 0 atom stereocenters. The Morgan fingerprint density at radius 1 is 0.923 bits per heavy atom. The molecule has 2 N–H and O–H groups in total. The summed E-state index contributed by atoms with van der Waals surface area (Å²) in [6.45, 7) is 8.67. The molecule has 0 amide bonds. The summed E-state index contributed by atoms with van der Waals surface area (Å²) >= 11 is 0. The lowest BCUT2D eigenvalue weighted by atomic mass is 9.83. The van der Waals surface area contributed by atoms with Gasteiger partial charge in [-0.25, -0.2) is 0 Å².